The summed E-state index contributed by atoms with van der Waals surface area (Å²) in [4.78, 5) is 31.9. The molecule has 31 heavy (non-hydrogen) atoms. The lowest BCUT2D eigenvalue weighted by molar-refractivity contribution is -0.116. The summed E-state index contributed by atoms with van der Waals surface area (Å²) >= 11 is 0. The minimum absolute atomic E-state index is 0.0953. The smallest absolute Gasteiger partial charge is 0.266 e. The summed E-state index contributed by atoms with van der Waals surface area (Å²) in [6, 6.07) is 7.70. The van der Waals surface area contributed by atoms with Gasteiger partial charge in [-0.15, -0.1) is 0 Å². The van der Waals surface area contributed by atoms with E-state index >= 15 is 0 Å². The number of aryl methyl sites for hydroxylation is 2. The van der Waals surface area contributed by atoms with E-state index in [1.54, 1.807) is 13.8 Å². The van der Waals surface area contributed by atoms with E-state index in [4.69, 9.17) is 0 Å². The van der Waals surface area contributed by atoms with Gasteiger partial charge in [0.25, 0.3) is 5.56 Å². The molecule has 0 spiro atoms. The predicted octanol–water partition coefficient (Wildman–Crippen LogP) is 3.41. The lowest BCUT2D eigenvalue weighted by atomic mass is 9.99. The van der Waals surface area contributed by atoms with Crippen molar-refractivity contribution in [2.45, 2.75) is 52.4 Å². The quantitative estimate of drug-likeness (QED) is 0.567. The zero-order chi connectivity index (χ0) is 22.1. The second kappa shape index (κ2) is 8.19. The standard InChI is InChI=1S/C23H24N6O2/c1-12-4-8-19(17(10-12)22-27-21(28-29-22)15-5-6-15)26-20(30)9-7-16-13(2)18(11-24)23(31)25-14(16)3/h4,8,10,15H,5-7,9H2,1-3H3,(H,25,31)(H,26,30)(H,27,28,29). The molecule has 0 atom stereocenters. The third-order valence-electron chi connectivity index (χ3n) is 5.68. The minimum atomic E-state index is -0.396. The van der Waals surface area contributed by atoms with Crippen molar-refractivity contribution in [1.29, 1.82) is 5.26 Å². The number of hydrogen-bond donors (Lipinski definition) is 3. The van der Waals surface area contributed by atoms with Crippen LogP contribution < -0.4 is 10.9 Å². The fraction of sp³-hybridized carbons (Fsp3) is 0.348. The van der Waals surface area contributed by atoms with Crippen LogP contribution >= 0.6 is 0 Å². The highest BCUT2D eigenvalue weighted by atomic mass is 16.1. The number of nitrogens with zero attached hydrogens (tertiary/aromatic N) is 3. The van der Waals surface area contributed by atoms with Gasteiger partial charge in [-0.25, -0.2) is 4.98 Å². The normalized spacial score (nSPS) is 13.1. The van der Waals surface area contributed by atoms with E-state index < -0.39 is 5.56 Å². The molecule has 0 saturated heterocycles. The first-order chi connectivity index (χ1) is 14.9. The topological polar surface area (TPSA) is 127 Å². The molecule has 1 fully saturated rings. The number of benzene rings is 1. The molecule has 1 amide bonds. The Kier molecular flexibility index (Phi) is 5.42. The van der Waals surface area contributed by atoms with Crippen LogP contribution in [0, 0.1) is 32.1 Å². The van der Waals surface area contributed by atoms with Gasteiger partial charge in [-0.2, -0.15) is 10.4 Å². The van der Waals surface area contributed by atoms with E-state index in [1.165, 1.54) is 0 Å². The van der Waals surface area contributed by atoms with Crippen molar-refractivity contribution in [3.05, 3.63) is 62.3 Å². The number of carbonyl (C=O) groups excluding carboxylic acids is 1. The van der Waals surface area contributed by atoms with Crippen LogP contribution in [0.5, 0.6) is 0 Å². The number of carbonyl (C=O) groups is 1. The summed E-state index contributed by atoms with van der Waals surface area (Å²) in [7, 11) is 0. The Bertz CT molecular complexity index is 1260. The van der Waals surface area contributed by atoms with Crippen LogP contribution in [-0.4, -0.2) is 26.1 Å². The van der Waals surface area contributed by atoms with Crippen molar-refractivity contribution in [3.8, 4) is 17.5 Å². The van der Waals surface area contributed by atoms with Gasteiger partial charge in [0.1, 0.15) is 17.5 Å². The van der Waals surface area contributed by atoms with E-state index in [-0.39, 0.29) is 17.9 Å². The summed E-state index contributed by atoms with van der Waals surface area (Å²) in [5.74, 6) is 1.77. The lowest BCUT2D eigenvalue weighted by Gasteiger charge is -2.12. The zero-order valence-corrected chi connectivity index (χ0v) is 17.8. The molecule has 3 aromatic rings. The number of rotatable bonds is 6. The van der Waals surface area contributed by atoms with Crippen molar-refractivity contribution in [2.24, 2.45) is 0 Å². The van der Waals surface area contributed by atoms with Crippen molar-refractivity contribution in [1.82, 2.24) is 20.2 Å². The highest BCUT2D eigenvalue weighted by molar-refractivity contribution is 5.95. The van der Waals surface area contributed by atoms with Gasteiger partial charge >= 0.3 is 0 Å². The Labute approximate surface area is 179 Å². The van der Waals surface area contributed by atoms with Crippen LogP contribution in [-0.2, 0) is 11.2 Å². The third kappa shape index (κ3) is 4.26. The number of amides is 1. The van der Waals surface area contributed by atoms with Gasteiger partial charge < -0.3 is 10.3 Å². The van der Waals surface area contributed by atoms with E-state index in [0.29, 0.717) is 35.1 Å². The summed E-state index contributed by atoms with van der Waals surface area (Å²) < 4.78 is 0. The Balaban J connectivity index is 1.52. The van der Waals surface area contributed by atoms with E-state index in [1.807, 2.05) is 31.2 Å². The molecule has 0 aliphatic heterocycles. The predicted molar refractivity (Wildman–Crippen MR) is 117 cm³/mol. The Morgan fingerprint density at radius 1 is 1.29 bits per heavy atom. The average molecular weight is 416 g/mol. The van der Waals surface area contributed by atoms with Gasteiger partial charge in [0.05, 0.1) is 5.69 Å². The zero-order valence-electron chi connectivity index (χ0n) is 17.8. The van der Waals surface area contributed by atoms with E-state index in [0.717, 1.165) is 35.4 Å². The monoisotopic (exact) mass is 416 g/mol. The van der Waals surface area contributed by atoms with Crippen molar-refractivity contribution in [3.63, 3.8) is 0 Å². The number of H-pyrrole nitrogens is 2. The third-order valence-corrected chi connectivity index (χ3v) is 5.68. The van der Waals surface area contributed by atoms with Gasteiger partial charge in [-0.05, 0) is 63.3 Å². The minimum Gasteiger partial charge on any atom is -0.325 e. The van der Waals surface area contributed by atoms with Crippen LogP contribution in [0.4, 0.5) is 5.69 Å². The molecule has 8 nitrogen and oxygen atoms in total. The second-order valence-electron chi connectivity index (χ2n) is 8.09. The summed E-state index contributed by atoms with van der Waals surface area (Å²) in [6.45, 7) is 5.51. The Morgan fingerprint density at radius 3 is 2.77 bits per heavy atom. The molecule has 2 heterocycles. The first-order valence-electron chi connectivity index (χ1n) is 10.3. The number of aromatic amines is 2. The van der Waals surface area contributed by atoms with Gasteiger partial charge in [-0.1, -0.05) is 11.6 Å². The summed E-state index contributed by atoms with van der Waals surface area (Å²) in [5.41, 5.74) is 4.31. The Hall–Kier alpha value is -3.73. The lowest BCUT2D eigenvalue weighted by Crippen LogP contribution is -2.18. The second-order valence-corrected chi connectivity index (χ2v) is 8.09. The molecular formula is C23H24N6O2. The maximum absolute atomic E-state index is 12.7. The fourth-order valence-corrected chi connectivity index (χ4v) is 3.76. The molecule has 0 bridgehead atoms. The van der Waals surface area contributed by atoms with Crippen LogP contribution in [0.2, 0.25) is 0 Å². The van der Waals surface area contributed by atoms with Gasteiger partial charge in [-0.3, -0.25) is 14.7 Å². The number of pyridine rings is 1. The van der Waals surface area contributed by atoms with Crippen LogP contribution in [0.3, 0.4) is 0 Å². The summed E-state index contributed by atoms with van der Waals surface area (Å²) in [6.07, 6.45) is 2.89. The SMILES string of the molecule is Cc1ccc(NC(=O)CCc2c(C)[nH]c(=O)c(C#N)c2C)c(-c2n[nH]c(C3CC3)n2)c1. The number of aromatic nitrogens is 4. The number of hydrogen-bond acceptors (Lipinski definition) is 5. The van der Waals surface area contributed by atoms with Gasteiger partial charge in [0.2, 0.25) is 5.91 Å². The maximum atomic E-state index is 12.7. The van der Waals surface area contributed by atoms with Crippen molar-refractivity contribution < 1.29 is 4.79 Å². The molecule has 158 valence electrons. The molecule has 1 aromatic carbocycles. The molecule has 0 unspecified atom stereocenters. The molecule has 1 saturated carbocycles. The molecule has 8 heteroatoms. The molecular weight excluding hydrogens is 392 g/mol. The van der Waals surface area contributed by atoms with Crippen molar-refractivity contribution in [2.75, 3.05) is 5.32 Å². The molecule has 4 rings (SSSR count). The first kappa shape index (κ1) is 20.5. The largest absolute Gasteiger partial charge is 0.325 e. The molecule has 1 aliphatic carbocycles. The maximum Gasteiger partial charge on any atom is 0.266 e. The first-order valence-corrected chi connectivity index (χ1v) is 10.3. The van der Waals surface area contributed by atoms with E-state index in [9.17, 15) is 14.9 Å². The number of anilines is 1. The van der Waals surface area contributed by atoms with Gasteiger partial charge in [0, 0.05) is 23.6 Å². The Morgan fingerprint density at radius 2 is 2.06 bits per heavy atom. The average Bonchev–Trinajstić information content (AvgIpc) is 3.46. The van der Waals surface area contributed by atoms with Crippen LogP contribution in [0.1, 0.15) is 59.0 Å². The highest BCUT2D eigenvalue weighted by Crippen LogP contribution is 2.39. The highest BCUT2D eigenvalue weighted by Gasteiger charge is 2.27. The fourth-order valence-electron chi connectivity index (χ4n) is 3.76. The molecule has 3 N–H and O–H groups in total. The van der Waals surface area contributed by atoms with E-state index in [2.05, 4.69) is 25.5 Å². The molecule has 2 aromatic heterocycles. The van der Waals surface area contributed by atoms with Crippen LogP contribution in [0.25, 0.3) is 11.4 Å². The molecule has 1 aliphatic rings. The van der Waals surface area contributed by atoms with Crippen molar-refractivity contribution >= 4 is 11.6 Å². The summed E-state index contributed by atoms with van der Waals surface area (Å²) in [5, 5.41) is 19.6. The van der Waals surface area contributed by atoms with Gasteiger partial charge in [0.15, 0.2) is 5.82 Å². The molecule has 0 radical (unpaired) electrons. The number of nitriles is 1. The number of nitrogens with one attached hydrogen (secondary N) is 3. The van der Waals surface area contributed by atoms with Crippen LogP contribution in [0.15, 0.2) is 23.0 Å².